The molecule has 2 aromatic heterocycles. The van der Waals surface area contributed by atoms with Gasteiger partial charge in [0.1, 0.15) is 5.82 Å². The summed E-state index contributed by atoms with van der Waals surface area (Å²) in [5.74, 6) is 1.87. The lowest BCUT2D eigenvalue weighted by molar-refractivity contribution is 0.803. The number of alkyl halides is 1. The van der Waals surface area contributed by atoms with Crippen LogP contribution in [0.3, 0.4) is 0 Å². The van der Waals surface area contributed by atoms with Crippen molar-refractivity contribution in [3.05, 3.63) is 53.5 Å². The van der Waals surface area contributed by atoms with Crippen LogP contribution >= 0.6 is 11.6 Å². The van der Waals surface area contributed by atoms with Crippen LogP contribution in [0.4, 0.5) is 5.82 Å². The van der Waals surface area contributed by atoms with Crippen molar-refractivity contribution < 1.29 is 0 Å². The van der Waals surface area contributed by atoms with E-state index in [9.17, 15) is 0 Å². The Bertz CT molecular complexity index is 555. The highest BCUT2D eigenvalue weighted by molar-refractivity contribution is 6.17. The van der Waals surface area contributed by atoms with Crippen molar-refractivity contribution in [3.63, 3.8) is 0 Å². The Balaban J connectivity index is 2.24. The predicted molar refractivity (Wildman–Crippen MR) is 84.2 cm³/mol. The first-order valence-corrected chi connectivity index (χ1v) is 7.30. The maximum atomic E-state index is 5.99. The summed E-state index contributed by atoms with van der Waals surface area (Å²) >= 11 is 5.99. The van der Waals surface area contributed by atoms with Crippen LogP contribution in [-0.2, 0) is 12.4 Å². The fraction of sp³-hybridized carbons (Fsp3) is 0.375. The van der Waals surface area contributed by atoms with E-state index in [1.54, 1.807) is 0 Å². The lowest BCUT2D eigenvalue weighted by atomic mass is 10.1. The fourth-order valence-corrected chi connectivity index (χ4v) is 2.16. The van der Waals surface area contributed by atoms with Crippen LogP contribution in [-0.4, -0.2) is 17.0 Å². The van der Waals surface area contributed by atoms with E-state index in [1.165, 1.54) is 5.56 Å². The zero-order chi connectivity index (χ0) is 14.5. The van der Waals surface area contributed by atoms with E-state index in [0.29, 0.717) is 11.8 Å². The molecule has 2 heterocycles. The molecule has 0 bridgehead atoms. The molecule has 0 atom stereocenters. The first-order chi connectivity index (χ1) is 9.60. The SMILES string of the molecule is CC(C)c1cc(CCl)cc(N(C)Cc2ccncc2)n1. The molecular formula is C16H20ClN3. The third-order valence-corrected chi connectivity index (χ3v) is 3.51. The summed E-state index contributed by atoms with van der Waals surface area (Å²) in [7, 11) is 2.05. The monoisotopic (exact) mass is 289 g/mol. The van der Waals surface area contributed by atoms with E-state index in [2.05, 4.69) is 35.9 Å². The molecule has 3 nitrogen and oxygen atoms in total. The molecule has 0 saturated heterocycles. The Labute approximate surface area is 125 Å². The molecule has 0 unspecified atom stereocenters. The first-order valence-electron chi connectivity index (χ1n) is 6.77. The van der Waals surface area contributed by atoms with Crippen molar-refractivity contribution in [1.82, 2.24) is 9.97 Å². The molecule has 2 rings (SSSR count). The summed E-state index contributed by atoms with van der Waals surface area (Å²) in [6.45, 7) is 5.10. The lowest BCUT2D eigenvalue weighted by Crippen LogP contribution is -2.18. The van der Waals surface area contributed by atoms with E-state index >= 15 is 0 Å². The van der Waals surface area contributed by atoms with E-state index in [0.717, 1.165) is 23.6 Å². The van der Waals surface area contributed by atoms with Gasteiger partial charge >= 0.3 is 0 Å². The second kappa shape index (κ2) is 6.71. The van der Waals surface area contributed by atoms with Crippen molar-refractivity contribution in [2.45, 2.75) is 32.2 Å². The second-order valence-electron chi connectivity index (χ2n) is 5.26. The van der Waals surface area contributed by atoms with E-state index < -0.39 is 0 Å². The van der Waals surface area contributed by atoms with Crippen LogP contribution in [0.2, 0.25) is 0 Å². The quantitative estimate of drug-likeness (QED) is 0.780. The third kappa shape index (κ3) is 3.70. The summed E-state index contributed by atoms with van der Waals surface area (Å²) in [6.07, 6.45) is 3.62. The van der Waals surface area contributed by atoms with Gasteiger partial charge in [0.25, 0.3) is 0 Å². The topological polar surface area (TPSA) is 29.0 Å². The molecule has 0 aliphatic heterocycles. The van der Waals surface area contributed by atoms with Crippen molar-refractivity contribution in [2.24, 2.45) is 0 Å². The smallest absolute Gasteiger partial charge is 0.129 e. The van der Waals surface area contributed by atoms with Gasteiger partial charge in [-0.1, -0.05) is 13.8 Å². The van der Waals surface area contributed by atoms with Gasteiger partial charge in [-0.25, -0.2) is 4.98 Å². The zero-order valence-corrected chi connectivity index (χ0v) is 12.9. The number of nitrogens with zero attached hydrogens (tertiary/aromatic N) is 3. The van der Waals surface area contributed by atoms with Gasteiger partial charge in [-0.05, 0) is 41.3 Å². The number of hydrogen-bond acceptors (Lipinski definition) is 3. The molecule has 0 saturated carbocycles. The minimum Gasteiger partial charge on any atom is -0.355 e. The first kappa shape index (κ1) is 14.8. The zero-order valence-electron chi connectivity index (χ0n) is 12.2. The minimum atomic E-state index is 0.395. The Hall–Kier alpha value is -1.61. The van der Waals surface area contributed by atoms with Crippen LogP contribution in [0.15, 0.2) is 36.7 Å². The molecular weight excluding hydrogens is 270 g/mol. The van der Waals surface area contributed by atoms with Crippen molar-refractivity contribution in [1.29, 1.82) is 0 Å². The van der Waals surface area contributed by atoms with Crippen LogP contribution in [0.5, 0.6) is 0 Å². The number of hydrogen-bond donors (Lipinski definition) is 0. The van der Waals surface area contributed by atoms with Crippen molar-refractivity contribution in [3.8, 4) is 0 Å². The highest BCUT2D eigenvalue weighted by Crippen LogP contribution is 2.21. The molecule has 0 radical (unpaired) electrons. The maximum absolute atomic E-state index is 5.99. The largest absolute Gasteiger partial charge is 0.355 e. The molecule has 0 aliphatic carbocycles. The lowest BCUT2D eigenvalue weighted by Gasteiger charge is -2.20. The molecule has 4 heteroatoms. The van der Waals surface area contributed by atoms with Crippen LogP contribution < -0.4 is 4.90 Å². The number of rotatable bonds is 5. The Kier molecular flexibility index (Phi) is 4.96. The molecule has 0 aliphatic rings. The summed E-state index contributed by atoms with van der Waals surface area (Å²) in [5.41, 5.74) is 3.41. The molecule has 0 amide bonds. The Morgan fingerprint density at radius 2 is 1.85 bits per heavy atom. The van der Waals surface area contributed by atoms with E-state index in [-0.39, 0.29) is 0 Å². The van der Waals surface area contributed by atoms with Gasteiger partial charge in [-0.2, -0.15) is 0 Å². The number of halogens is 1. The van der Waals surface area contributed by atoms with Crippen LogP contribution in [0, 0.1) is 0 Å². The molecule has 0 fully saturated rings. The minimum absolute atomic E-state index is 0.395. The van der Waals surface area contributed by atoms with E-state index in [1.807, 2.05) is 31.6 Å². The fourth-order valence-electron chi connectivity index (χ4n) is 2.01. The molecule has 20 heavy (non-hydrogen) atoms. The predicted octanol–water partition coefficient (Wildman–Crippen LogP) is 3.98. The van der Waals surface area contributed by atoms with Gasteiger partial charge in [0, 0.05) is 37.6 Å². The molecule has 106 valence electrons. The summed E-state index contributed by atoms with van der Waals surface area (Å²) in [6, 6.07) is 8.18. The standard InChI is InChI=1S/C16H20ClN3/c1-12(2)15-8-14(10-17)9-16(19-15)20(3)11-13-4-6-18-7-5-13/h4-9,12H,10-11H2,1-3H3. The van der Waals surface area contributed by atoms with Crippen LogP contribution in [0.25, 0.3) is 0 Å². The van der Waals surface area contributed by atoms with Gasteiger partial charge < -0.3 is 4.90 Å². The average molecular weight is 290 g/mol. The van der Waals surface area contributed by atoms with Gasteiger partial charge in [-0.15, -0.1) is 11.6 Å². The molecule has 0 N–H and O–H groups in total. The van der Waals surface area contributed by atoms with Gasteiger partial charge in [0.05, 0.1) is 0 Å². The Morgan fingerprint density at radius 3 is 2.45 bits per heavy atom. The Morgan fingerprint density at radius 1 is 1.15 bits per heavy atom. The highest BCUT2D eigenvalue weighted by atomic mass is 35.5. The molecule has 2 aromatic rings. The third-order valence-electron chi connectivity index (χ3n) is 3.20. The van der Waals surface area contributed by atoms with E-state index in [4.69, 9.17) is 16.6 Å². The summed E-state index contributed by atoms with van der Waals surface area (Å²) in [5, 5.41) is 0. The van der Waals surface area contributed by atoms with Crippen molar-refractivity contribution in [2.75, 3.05) is 11.9 Å². The summed E-state index contributed by atoms with van der Waals surface area (Å²) < 4.78 is 0. The maximum Gasteiger partial charge on any atom is 0.129 e. The number of anilines is 1. The molecule has 0 aromatic carbocycles. The highest BCUT2D eigenvalue weighted by Gasteiger charge is 2.09. The average Bonchev–Trinajstić information content (AvgIpc) is 2.47. The number of aromatic nitrogens is 2. The van der Waals surface area contributed by atoms with Gasteiger partial charge in [-0.3, -0.25) is 4.98 Å². The van der Waals surface area contributed by atoms with Gasteiger partial charge in [0.2, 0.25) is 0 Å². The summed E-state index contributed by atoms with van der Waals surface area (Å²) in [4.78, 5) is 10.9. The van der Waals surface area contributed by atoms with Crippen molar-refractivity contribution >= 4 is 17.4 Å². The van der Waals surface area contributed by atoms with Crippen LogP contribution in [0.1, 0.15) is 36.6 Å². The number of pyridine rings is 2. The molecule has 0 spiro atoms. The normalized spacial score (nSPS) is 10.8. The van der Waals surface area contributed by atoms with Gasteiger partial charge in [0.15, 0.2) is 0 Å². The second-order valence-corrected chi connectivity index (χ2v) is 5.53.